The highest BCUT2D eigenvalue weighted by atomic mass is 16.6. The van der Waals surface area contributed by atoms with E-state index in [1.807, 2.05) is 0 Å². The lowest BCUT2D eigenvalue weighted by atomic mass is 10.3. The number of hydrogen-bond donors (Lipinski definition) is 0. The molecule has 4 nitrogen and oxygen atoms in total. The lowest BCUT2D eigenvalue weighted by molar-refractivity contribution is -0.135. The van der Waals surface area contributed by atoms with E-state index in [0.717, 1.165) is 12.8 Å². The summed E-state index contributed by atoms with van der Waals surface area (Å²) in [6, 6.07) is 5.21. The minimum atomic E-state index is -0.188. The van der Waals surface area contributed by atoms with Crippen molar-refractivity contribution in [2.24, 2.45) is 5.92 Å². The highest BCUT2D eigenvalue weighted by molar-refractivity contribution is 5.78. The van der Waals surface area contributed by atoms with Crippen LogP contribution in [0, 0.1) is 5.92 Å². The van der Waals surface area contributed by atoms with E-state index in [0.29, 0.717) is 17.2 Å². The van der Waals surface area contributed by atoms with E-state index >= 15 is 0 Å². The predicted molar refractivity (Wildman–Crippen MR) is 57.9 cm³/mol. The van der Waals surface area contributed by atoms with Crippen LogP contribution < -0.4 is 14.2 Å². The molecule has 1 saturated carbocycles. The van der Waals surface area contributed by atoms with Crippen LogP contribution in [-0.2, 0) is 4.79 Å². The molecular formula is C12H14O4. The van der Waals surface area contributed by atoms with E-state index in [4.69, 9.17) is 14.2 Å². The average molecular weight is 222 g/mol. The van der Waals surface area contributed by atoms with Crippen LogP contribution in [0.4, 0.5) is 0 Å². The standard InChI is InChI=1S/C12H14O4/c1-14-9-4-3-5-10(11(9)15-2)16-12(13)8-6-7-8/h3-5,8H,6-7H2,1-2H3. The largest absolute Gasteiger partial charge is 0.493 e. The summed E-state index contributed by atoms with van der Waals surface area (Å²) in [5.41, 5.74) is 0. The Kier molecular flexibility index (Phi) is 2.99. The summed E-state index contributed by atoms with van der Waals surface area (Å²) in [5.74, 6) is 1.31. The summed E-state index contributed by atoms with van der Waals surface area (Å²) < 4.78 is 15.5. The highest BCUT2D eigenvalue weighted by Gasteiger charge is 2.32. The van der Waals surface area contributed by atoms with Crippen LogP contribution in [0.15, 0.2) is 18.2 Å². The normalized spacial score (nSPS) is 14.4. The fraction of sp³-hybridized carbons (Fsp3) is 0.417. The molecular weight excluding hydrogens is 208 g/mol. The number of methoxy groups -OCH3 is 2. The first-order chi connectivity index (χ1) is 7.76. The van der Waals surface area contributed by atoms with Crippen LogP contribution in [0.5, 0.6) is 17.2 Å². The molecule has 4 heteroatoms. The Balaban J connectivity index is 2.21. The molecule has 1 fully saturated rings. The van der Waals surface area contributed by atoms with Gasteiger partial charge in [0.25, 0.3) is 0 Å². The van der Waals surface area contributed by atoms with Gasteiger partial charge in [-0.15, -0.1) is 0 Å². The quantitative estimate of drug-likeness (QED) is 0.577. The molecule has 2 rings (SSSR count). The Labute approximate surface area is 94.1 Å². The number of benzene rings is 1. The zero-order valence-electron chi connectivity index (χ0n) is 9.36. The minimum absolute atomic E-state index is 0.0657. The molecule has 0 amide bonds. The third-order valence-electron chi connectivity index (χ3n) is 2.49. The lowest BCUT2D eigenvalue weighted by Gasteiger charge is -2.11. The summed E-state index contributed by atoms with van der Waals surface area (Å²) in [6.07, 6.45) is 1.84. The first kappa shape index (κ1) is 10.8. The smallest absolute Gasteiger partial charge is 0.314 e. The number of carbonyl (C=O) groups excluding carboxylic acids is 1. The van der Waals surface area contributed by atoms with Crippen molar-refractivity contribution in [2.45, 2.75) is 12.8 Å². The molecule has 0 atom stereocenters. The number of rotatable bonds is 4. The van der Waals surface area contributed by atoms with E-state index in [2.05, 4.69) is 0 Å². The molecule has 1 aliphatic rings. The number of hydrogen-bond acceptors (Lipinski definition) is 4. The maximum atomic E-state index is 11.5. The first-order valence-corrected chi connectivity index (χ1v) is 5.19. The molecule has 0 N–H and O–H groups in total. The van der Waals surface area contributed by atoms with Crippen molar-refractivity contribution < 1.29 is 19.0 Å². The molecule has 0 heterocycles. The summed E-state index contributed by atoms with van der Waals surface area (Å²) >= 11 is 0. The number of esters is 1. The van der Waals surface area contributed by atoms with Gasteiger partial charge < -0.3 is 14.2 Å². The molecule has 1 aliphatic carbocycles. The molecule has 1 aromatic rings. The van der Waals surface area contributed by atoms with Gasteiger partial charge in [-0.1, -0.05) is 6.07 Å². The van der Waals surface area contributed by atoms with Crippen LogP contribution in [0.25, 0.3) is 0 Å². The zero-order valence-corrected chi connectivity index (χ0v) is 9.36. The van der Waals surface area contributed by atoms with Gasteiger partial charge in [0.15, 0.2) is 11.5 Å². The van der Waals surface area contributed by atoms with Crippen molar-refractivity contribution in [3.8, 4) is 17.2 Å². The van der Waals surface area contributed by atoms with Crippen LogP contribution in [0.3, 0.4) is 0 Å². The fourth-order valence-electron chi connectivity index (χ4n) is 1.45. The van der Waals surface area contributed by atoms with Crippen molar-refractivity contribution in [2.75, 3.05) is 14.2 Å². The van der Waals surface area contributed by atoms with E-state index in [-0.39, 0.29) is 11.9 Å². The zero-order chi connectivity index (χ0) is 11.5. The van der Waals surface area contributed by atoms with E-state index < -0.39 is 0 Å². The lowest BCUT2D eigenvalue weighted by Crippen LogP contribution is -2.10. The first-order valence-electron chi connectivity index (χ1n) is 5.19. The van der Waals surface area contributed by atoms with Crippen molar-refractivity contribution in [1.29, 1.82) is 0 Å². The molecule has 0 spiro atoms. The molecule has 0 saturated heterocycles. The summed E-state index contributed by atoms with van der Waals surface area (Å²) in [7, 11) is 3.07. The van der Waals surface area contributed by atoms with Gasteiger partial charge in [-0.2, -0.15) is 0 Å². The third kappa shape index (κ3) is 2.10. The predicted octanol–water partition coefficient (Wildman–Crippen LogP) is 2.02. The maximum absolute atomic E-state index is 11.5. The van der Waals surface area contributed by atoms with Crippen LogP contribution in [0.2, 0.25) is 0 Å². The summed E-state index contributed by atoms with van der Waals surface area (Å²) in [6.45, 7) is 0. The Morgan fingerprint density at radius 3 is 2.44 bits per heavy atom. The molecule has 16 heavy (non-hydrogen) atoms. The van der Waals surface area contributed by atoms with Gasteiger partial charge in [0.2, 0.25) is 5.75 Å². The maximum Gasteiger partial charge on any atom is 0.314 e. The summed E-state index contributed by atoms with van der Waals surface area (Å²) in [4.78, 5) is 11.5. The summed E-state index contributed by atoms with van der Waals surface area (Å²) in [5, 5.41) is 0. The van der Waals surface area contributed by atoms with E-state index in [1.165, 1.54) is 7.11 Å². The molecule has 0 aliphatic heterocycles. The van der Waals surface area contributed by atoms with Gasteiger partial charge in [0.05, 0.1) is 20.1 Å². The Bertz CT molecular complexity index is 396. The number of ether oxygens (including phenoxy) is 3. The SMILES string of the molecule is COc1cccc(OC(=O)C2CC2)c1OC. The highest BCUT2D eigenvalue weighted by Crippen LogP contribution is 2.38. The second kappa shape index (κ2) is 4.43. The molecule has 0 radical (unpaired) electrons. The van der Waals surface area contributed by atoms with E-state index in [1.54, 1.807) is 25.3 Å². The minimum Gasteiger partial charge on any atom is -0.493 e. The third-order valence-corrected chi connectivity index (χ3v) is 2.49. The van der Waals surface area contributed by atoms with Crippen molar-refractivity contribution in [3.05, 3.63) is 18.2 Å². The monoisotopic (exact) mass is 222 g/mol. The van der Waals surface area contributed by atoms with Crippen LogP contribution in [0.1, 0.15) is 12.8 Å². The Morgan fingerprint density at radius 2 is 1.88 bits per heavy atom. The number of para-hydroxylation sites is 1. The second-order valence-electron chi connectivity index (χ2n) is 3.69. The fourth-order valence-corrected chi connectivity index (χ4v) is 1.45. The van der Waals surface area contributed by atoms with Gasteiger partial charge in [-0.3, -0.25) is 4.79 Å². The van der Waals surface area contributed by atoms with Gasteiger partial charge in [-0.05, 0) is 25.0 Å². The molecule has 1 aromatic carbocycles. The molecule has 86 valence electrons. The van der Waals surface area contributed by atoms with Crippen molar-refractivity contribution in [3.63, 3.8) is 0 Å². The van der Waals surface area contributed by atoms with Gasteiger partial charge in [0, 0.05) is 0 Å². The molecule has 0 aromatic heterocycles. The van der Waals surface area contributed by atoms with E-state index in [9.17, 15) is 4.79 Å². The van der Waals surface area contributed by atoms with Gasteiger partial charge in [-0.25, -0.2) is 0 Å². The molecule has 0 unspecified atom stereocenters. The van der Waals surface area contributed by atoms with Crippen LogP contribution in [-0.4, -0.2) is 20.2 Å². The second-order valence-corrected chi connectivity index (χ2v) is 3.69. The Morgan fingerprint density at radius 1 is 1.19 bits per heavy atom. The number of carbonyl (C=O) groups is 1. The van der Waals surface area contributed by atoms with Gasteiger partial charge >= 0.3 is 5.97 Å². The van der Waals surface area contributed by atoms with Crippen molar-refractivity contribution >= 4 is 5.97 Å². The average Bonchev–Trinajstić information content (AvgIpc) is 3.12. The van der Waals surface area contributed by atoms with Gasteiger partial charge in [0.1, 0.15) is 0 Å². The Hall–Kier alpha value is -1.71. The topological polar surface area (TPSA) is 44.8 Å². The van der Waals surface area contributed by atoms with Crippen LogP contribution >= 0.6 is 0 Å². The molecule has 0 bridgehead atoms. The van der Waals surface area contributed by atoms with Crippen molar-refractivity contribution in [1.82, 2.24) is 0 Å².